The van der Waals surface area contributed by atoms with Gasteiger partial charge < -0.3 is 14.6 Å². The molecule has 0 aliphatic rings. The minimum atomic E-state index is -4.04. The van der Waals surface area contributed by atoms with Gasteiger partial charge in [0, 0.05) is 0 Å². The Balaban J connectivity index is 1.80. The third-order valence-corrected chi connectivity index (χ3v) is 6.37. The van der Waals surface area contributed by atoms with Crippen molar-refractivity contribution in [3.63, 3.8) is 0 Å². The van der Waals surface area contributed by atoms with Crippen molar-refractivity contribution in [2.24, 2.45) is 5.10 Å². The van der Waals surface area contributed by atoms with Gasteiger partial charge >= 0.3 is 0 Å². The summed E-state index contributed by atoms with van der Waals surface area (Å²) in [6.45, 7) is -0.491. The summed E-state index contributed by atoms with van der Waals surface area (Å²) >= 11 is 0. The van der Waals surface area contributed by atoms with E-state index in [9.17, 15) is 18.3 Å². The molecule has 3 aromatic rings. The molecule has 0 fully saturated rings. The highest BCUT2D eigenvalue weighted by Gasteiger charge is 2.27. The second-order valence-corrected chi connectivity index (χ2v) is 8.61. The van der Waals surface area contributed by atoms with Crippen LogP contribution < -0.4 is 19.2 Å². The lowest BCUT2D eigenvalue weighted by Crippen LogP contribution is -2.39. The SMILES string of the molecule is COc1ccc(S(=O)(=O)N(CC(=O)N/N=C\c2ccc(O)c(OC)c2)c2ccccc2)cc1. The fourth-order valence-corrected chi connectivity index (χ4v) is 4.32. The number of amides is 1. The molecule has 172 valence electrons. The predicted molar refractivity (Wildman–Crippen MR) is 124 cm³/mol. The maximum atomic E-state index is 13.3. The number of aromatic hydroxyl groups is 1. The second kappa shape index (κ2) is 10.5. The van der Waals surface area contributed by atoms with E-state index in [1.54, 1.807) is 36.4 Å². The number of para-hydroxylation sites is 1. The molecule has 2 N–H and O–H groups in total. The van der Waals surface area contributed by atoms with E-state index in [4.69, 9.17) is 9.47 Å². The number of phenolic OH excluding ortho intramolecular Hbond substituents is 1. The zero-order valence-corrected chi connectivity index (χ0v) is 18.8. The number of carbonyl (C=O) groups is 1. The summed E-state index contributed by atoms with van der Waals surface area (Å²) < 4.78 is 37.7. The molecule has 3 rings (SSSR count). The molecule has 0 aromatic heterocycles. The summed E-state index contributed by atoms with van der Waals surface area (Å²) in [6, 6.07) is 18.8. The van der Waals surface area contributed by atoms with Gasteiger partial charge in [0.1, 0.15) is 12.3 Å². The van der Waals surface area contributed by atoms with Gasteiger partial charge in [0.15, 0.2) is 11.5 Å². The number of hydrogen-bond acceptors (Lipinski definition) is 7. The summed E-state index contributed by atoms with van der Waals surface area (Å²) in [6.07, 6.45) is 1.35. The Morgan fingerprint density at radius 3 is 2.36 bits per heavy atom. The van der Waals surface area contributed by atoms with Crippen molar-refractivity contribution in [2.75, 3.05) is 25.1 Å². The van der Waals surface area contributed by atoms with Gasteiger partial charge in [-0.1, -0.05) is 18.2 Å². The molecular formula is C23H23N3O6S. The molecule has 0 radical (unpaired) electrons. The molecule has 33 heavy (non-hydrogen) atoms. The van der Waals surface area contributed by atoms with Crippen molar-refractivity contribution < 1.29 is 27.8 Å². The third kappa shape index (κ3) is 5.80. The van der Waals surface area contributed by atoms with Crippen LogP contribution in [0.4, 0.5) is 5.69 Å². The molecule has 0 unspecified atom stereocenters. The Morgan fingerprint density at radius 1 is 1.03 bits per heavy atom. The second-order valence-electron chi connectivity index (χ2n) is 6.75. The largest absolute Gasteiger partial charge is 0.504 e. The molecular weight excluding hydrogens is 446 g/mol. The number of phenols is 1. The number of hydrogen-bond donors (Lipinski definition) is 2. The zero-order valence-electron chi connectivity index (χ0n) is 18.0. The van der Waals surface area contributed by atoms with Gasteiger partial charge in [-0.05, 0) is 60.2 Å². The lowest BCUT2D eigenvalue weighted by molar-refractivity contribution is -0.119. The van der Waals surface area contributed by atoms with Crippen LogP contribution in [-0.2, 0) is 14.8 Å². The Kier molecular flexibility index (Phi) is 7.52. The molecule has 0 aliphatic heterocycles. The highest BCUT2D eigenvalue weighted by atomic mass is 32.2. The van der Waals surface area contributed by atoms with E-state index in [0.29, 0.717) is 17.0 Å². The number of sulfonamides is 1. The van der Waals surface area contributed by atoms with Gasteiger partial charge in [0.05, 0.1) is 31.0 Å². The number of hydrazone groups is 1. The van der Waals surface area contributed by atoms with Crippen LogP contribution in [0.1, 0.15) is 5.56 Å². The molecule has 0 bridgehead atoms. The number of nitrogens with one attached hydrogen (secondary N) is 1. The van der Waals surface area contributed by atoms with E-state index in [2.05, 4.69) is 10.5 Å². The molecule has 3 aromatic carbocycles. The fraction of sp³-hybridized carbons (Fsp3) is 0.130. The van der Waals surface area contributed by atoms with Gasteiger partial charge in [-0.2, -0.15) is 5.10 Å². The monoisotopic (exact) mass is 469 g/mol. The number of anilines is 1. The van der Waals surface area contributed by atoms with Gasteiger partial charge in [0.2, 0.25) is 0 Å². The molecule has 0 saturated carbocycles. The Bertz CT molecular complexity index is 1230. The Hall–Kier alpha value is -4.05. The van der Waals surface area contributed by atoms with E-state index in [0.717, 1.165) is 4.31 Å². The number of carbonyl (C=O) groups excluding carboxylic acids is 1. The topological polar surface area (TPSA) is 118 Å². The molecule has 10 heteroatoms. The first-order valence-corrected chi connectivity index (χ1v) is 11.2. The number of benzene rings is 3. The van der Waals surface area contributed by atoms with Crippen LogP contribution in [0.3, 0.4) is 0 Å². The van der Waals surface area contributed by atoms with Gasteiger partial charge in [-0.15, -0.1) is 0 Å². The van der Waals surface area contributed by atoms with Crippen LogP contribution in [-0.4, -0.2) is 46.4 Å². The molecule has 0 saturated heterocycles. The average Bonchev–Trinajstić information content (AvgIpc) is 2.84. The van der Waals surface area contributed by atoms with E-state index in [1.807, 2.05) is 0 Å². The highest BCUT2D eigenvalue weighted by molar-refractivity contribution is 7.92. The minimum Gasteiger partial charge on any atom is -0.504 e. The first-order chi connectivity index (χ1) is 15.8. The van der Waals surface area contributed by atoms with Crippen LogP contribution in [0.15, 0.2) is 82.8 Å². The fourth-order valence-electron chi connectivity index (χ4n) is 2.90. The summed E-state index contributed by atoms with van der Waals surface area (Å²) in [5.74, 6) is 0.100. The van der Waals surface area contributed by atoms with Crippen molar-refractivity contribution in [3.8, 4) is 17.2 Å². The number of rotatable bonds is 9. The summed E-state index contributed by atoms with van der Waals surface area (Å²) in [5.41, 5.74) is 3.22. The van der Waals surface area contributed by atoms with E-state index >= 15 is 0 Å². The lowest BCUT2D eigenvalue weighted by Gasteiger charge is -2.23. The average molecular weight is 470 g/mol. The van der Waals surface area contributed by atoms with Crippen LogP contribution in [0, 0.1) is 0 Å². The van der Waals surface area contributed by atoms with Gasteiger partial charge in [0.25, 0.3) is 15.9 Å². The summed E-state index contributed by atoms with van der Waals surface area (Å²) in [4.78, 5) is 12.6. The quantitative estimate of drug-likeness (QED) is 0.368. The highest BCUT2D eigenvalue weighted by Crippen LogP contribution is 2.26. The van der Waals surface area contributed by atoms with Crippen molar-refractivity contribution in [3.05, 3.63) is 78.4 Å². The molecule has 0 spiro atoms. The van der Waals surface area contributed by atoms with Crippen molar-refractivity contribution >= 4 is 27.8 Å². The van der Waals surface area contributed by atoms with Crippen LogP contribution in [0.25, 0.3) is 0 Å². The Morgan fingerprint density at radius 2 is 1.73 bits per heavy atom. The van der Waals surface area contributed by atoms with E-state index in [-0.39, 0.29) is 16.4 Å². The maximum Gasteiger partial charge on any atom is 0.264 e. The van der Waals surface area contributed by atoms with Gasteiger partial charge in [-0.3, -0.25) is 9.10 Å². The van der Waals surface area contributed by atoms with Gasteiger partial charge in [-0.25, -0.2) is 13.8 Å². The predicted octanol–water partition coefficient (Wildman–Crippen LogP) is 2.76. The van der Waals surface area contributed by atoms with Crippen LogP contribution >= 0.6 is 0 Å². The lowest BCUT2D eigenvalue weighted by atomic mass is 10.2. The standard InChI is InChI=1S/C23H23N3O6S/c1-31-19-9-11-20(12-10-19)33(29,30)26(18-6-4-3-5-7-18)16-23(28)25-24-15-17-8-13-21(27)22(14-17)32-2/h3-15,27H,16H2,1-2H3,(H,25,28)/b24-15-. The van der Waals surface area contributed by atoms with Crippen molar-refractivity contribution in [1.82, 2.24) is 5.43 Å². The first-order valence-electron chi connectivity index (χ1n) is 9.76. The molecule has 0 heterocycles. The van der Waals surface area contributed by atoms with Crippen LogP contribution in [0.5, 0.6) is 17.2 Å². The van der Waals surface area contributed by atoms with Crippen LogP contribution in [0.2, 0.25) is 0 Å². The number of ether oxygens (including phenoxy) is 2. The molecule has 0 aliphatic carbocycles. The number of nitrogens with zero attached hydrogens (tertiary/aromatic N) is 2. The van der Waals surface area contributed by atoms with E-state index in [1.165, 1.54) is 56.8 Å². The van der Waals surface area contributed by atoms with Crippen molar-refractivity contribution in [1.29, 1.82) is 0 Å². The maximum absolute atomic E-state index is 13.3. The zero-order chi connectivity index (χ0) is 23.8. The Labute approximate surface area is 191 Å². The minimum absolute atomic E-state index is 0.0136. The molecule has 0 atom stereocenters. The first kappa shape index (κ1) is 23.6. The smallest absolute Gasteiger partial charge is 0.264 e. The molecule has 9 nitrogen and oxygen atoms in total. The molecule has 1 amide bonds. The normalized spacial score (nSPS) is 11.2. The number of methoxy groups -OCH3 is 2. The van der Waals surface area contributed by atoms with E-state index < -0.39 is 22.5 Å². The van der Waals surface area contributed by atoms with Crippen molar-refractivity contribution in [2.45, 2.75) is 4.90 Å². The third-order valence-electron chi connectivity index (χ3n) is 4.59. The summed E-state index contributed by atoms with van der Waals surface area (Å²) in [7, 11) is -1.14. The summed E-state index contributed by atoms with van der Waals surface area (Å²) in [5, 5.41) is 13.5.